The highest BCUT2D eigenvalue weighted by Crippen LogP contribution is 2.28. The molecule has 1 N–H and O–H groups in total. The fourth-order valence-electron chi connectivity index (χ4n) is 2.86. The molecule has 1 amide bonds. The molecule has 0 aliphatic carbocycles. The minimum Gasteiger partial charge on any atom is -0.299 e. The lowest BCUT2D eigenvalue weighted by Gasteiger charge is -2.28. The van der Waals surface area contributed by atoms with Crippen molar-refractivity contribution < 1.29 is 13.2 Å². The van der Waals surface area contributed by atoms with Crippen LogP contribution in [0, 0.1) is 13.8 Å². The molecule has 2 aromatic carbocycles. The molecule has 3 rings (SSSR count). The van der Waals surface area contributed by atoms with Crippen LogP contribution in [-0.2, 0) is 14.8 Å². The largest absolute Gasteiger partial charge is 0.299 e. The fourth-order valence-corrected chi connectivity index (χ4v) is 4.91. The second-order valence-electron chi connectivity index (χ2n) is 6.91. The van der Waals surface area contributed by atoms with Crippen LogP contribution in [0.5, 0.6) is 0 Å². The van der Waals surface area contributed by atoms with Gasteiger partial charge < -0.3 is 0 Å². The van der Waals surface area contributed by atoms with E-state index in [4.69, 9.17) is 11.6 Å². The average molecular weight is 465 g/mol. The van der Waals surface area contributed by atoms with E-state index in [-0.39, 0.29) is 5.13 Å². The summed E-state index contributed by atoms with van der Waals surface area (Å²) in [6.07, 6.45) is 1.08. The second kappa shape index (κ2) is 8.71. The van der Waals surface area contributed by atoms with Crippen LogP contribution in [-0.4, -0.2) is 36.8 Å². The summed E-state index contributed by atoms with van der Waals surface area (Å²) in [5.74, 6) is -0.502. The Labute approximate surface area is 184 Å². The van der Waals surface area contributed by atoms with Gasteiger partial charge in [0.25, 0.3) is 0 Å². The zero-order valence-corrected chi connectivity index (χ0v) is 19.3. The van der Waals surface area contributed by atoms with Crippen LogP contribution in [0.3, 0.4) is 0 Å². The number of rotatable bonds is 6. The van der Waals surface area contributed by atoms with Crippen molar-refractivity contribution in [2.75, 3.05) is 15.9 Å². The minimum absolute atomic E-state index is 0.283. The molecule has 1 atom stereocenters. The molecular formula is C20H21ClN4O3S2. The SMILES string of the molecule is Cc1ccc(N([C@H](C)C(=O)Nc2nnc(-c3ccc(Cl)cc3)s2)S(C)(=O)=O)cc1C. The molecule has 7 nitrogen and oxygen atoms in total. The zero-order valence-electron chi connectivity index (χ0n) is 16.9. The third-order valence-corrected chi connectivity index (χ3v) is 6.96. The van der Waals surface area contributed by atoms with E-state index in [2.05, 4.69) is 15.5 Å². The quantitative estimate of drug-likeness (QED) is 0.588. The summed E-state index contributed by atoms with van der Waals surface area (Å²) in [7, 11) is -3.70. The molecule has 0 saturated carbocycles. The summed E-state index contributed by atoms with van der Waals surface area (Å²) in [6.45, 7) is 5.37. The number of hydrogen-bond donors (Lipinski definition) is 1. The second-order valence-corrected chi connectivity index (χ2v) is 10.2. The van der Waals surface area contributed by atoms with Crippen molar-refractivity contribution >= 4 is 49.7 Å². The monoisotopic (exact) mass is 464 g/mol. The number of hydrogen-bond acceptors (Lipinski definition) is 6. The lowest BCUT2D eigenvalue weighted by atomic mass is 10.1. The van der Waals surface area contributed by atoms with Crippen molar-refractivity contribution in [3.8, 4) is 10.6 Å². The van der Waals surface area contributed by atoms with Gasteiger partial charge in [0, 0.05) is 10.6 Å². The number of sulfonamides is 1. The van der Waals surface area contributed by atoms with Gasteiger partial charge in [-0.1, -0.05) is 41.1 Å². The molecule has 0 spiro atoms. The summed E-state index contributed by atoms with van der Waals surface area (Å²) < 4.78 is 26.0. The molecule has 1 aromatic heterocycles. The van der Waals surface area contributed by atoms with E-state index in [1.54, 1.807) is 24.3 Å². The van der Waals surface area contributed by atoms with E-state index in [0.29, 0.717) is 15.7 Å². The molecule has 10 heteroatoms. The summed E-state index contributed by atoms with van der Waals surface area (Å²) >= 11 is 7.09. The number of amides is 1. The van der Waals surface area contributed by atoms with E-state index in [9.17, 15) is 13.2 Å². The van der Waals surface area contributed by atoms with Crippen molar-refractivity contribution in [1.29, 1.82) is 0 Å². The van der Waals surface area contributed by atoms with Gasteiger partial charge in [0.1, 0.15) is 11.0 Å². The number of nitrogens with one attached hydrogen (secondary N) is 1. The summed E-state index contributed by atoms with van der Waals surface area (Å²) in [4.78, 5) is 12.8. The van der Waals surface area contributed by atoms with Crippen LogP contribution in [0.1, 0.15) is 18.1 Å². The molecule has 0 aliphatic rings. The van der Waals surface area contributed by atoms with Gasteiger partial charge in [0.2, 0.25) is 21.1 Å². The first-order chi connectivity index (χ1) is 14.1. The van der Waals surface area contributed by atoms with Gasteiger partial charge >= 0.3 is 0 Å². The number of aromatic nitrogens is 2. The van der Waals surface area contributed by atoms with Gasteiger partial charge in [-0.05, 0) is 56.2 Å². The molecule has 0 aliphatic heterocycles. The van der Waals surface area contributed by atoms with E-state index in [1.807, 2.05) is 32.0 Å². The molecule has 1 heterocycles. The number of nitrogens with zero attached hydrogens (tertiary/aromatic N) is 3. The Morgan fingerprint density at radius 1 is 1.10 bits per heavy atom. The van der Waals surface area contributed by atoms with Crippen LogP contribution >= 0.6 is 22.9 Å². The number of aryl methyl sites for hydroxylation is 2. The van der Waals surface area contributed by atoms with Crippen LogP contribution in [0.2, 0.25) is 5.02 Å². The number of halogens is 1. The smallest absolute Gasteiger partial charge is 0.249 e. The van der Waals surface area contributed by atoms with E-state index >= 15 is 0 Å². The lowest BCUT2D eigenvalue weighted by molar-refractivity contribution is -0.116. The van der Waals surface area contributed by atoms with E-state index in [1.165, 1.54) is 18.3 Å². The highest BCUT2D eigenvalue weighted by atomic mass is 35.5. The molecule has 0 unspecified atom stereocenters. The number of anilines is 2. The van der Waals surface area contributed by atoms with Gasteiger partial charge in [-0.2, -0.15) is 0 Å². The van der Waals surface area contributed by atoms with Gasteiger partial charge in [0.05, 0.1) is 11.9 Å². The molecule has 158 valence electrons. The zero-order chi connectivity index (χ0) is 22.1. The number of benzene rings is 2. The normalized spacial score (nSPS) is 12.4. The highest BCUT2D eigenvalue weighted by Gasteiger charge is 2.30. The topological polar surface area (TPSA) is 92.3 Å². The molecule has 3 aromatic rings. The van der Waals surface area contributed by atoms with Gasteiger partial charge in [-0.3, -0.25) is 14.4 Å². The lowest BCUT2D eigenvalue weighted by Crippen LogP contribution is -2.45. The Morgan fingerprint density at radius 2 is 1.77 bits per heavy atom. The molecular weight excluding hydrogens is 444 g/mol. The highest BCUT2D eigenvalue weighted by molar-refractivity contribution is 7.92. The number of carbonyl (C=O) groups is 1. The van der Waals surface area contributed by atoms with Crippen molar-refractivity contribution in [2.45, 2.75) is 26.8 Å². The molecule has 0 fully saturated rings. The van der Waals surface area contributed by atoms with Crippen molar-refractivity contribution in [1.82, 2.24) is 10.2 Å². The molecule has 30 heavy (non-hydrogen) atoms. The van der Waals surface area contributed by atoms with Crippen molar-refractivity contribution in [3.63, 3.8) is 0 Å². The van der Waals surface area contributed by atoms with Crippen LogP contribution < -0.4 is 9.62 Å². The molecule has 0 radical (unpaired) electrons. The maximum absolute atomic E-state index is 12.8. The van der Waals surface area contributed by atoms with Crippen LogP contribution in [0.4, 0.5) is 10.8 Å². The summed E-state index contributed by atoms with van der Waals surface area (Å²) in [5.41, 5.74) is 3.22. The van der Waals surface area contributed by atoms with Crippen molar-refractivity contribution in [3.05, 3.63) is 58.6 Å². The minimum atomic E-state index is -3.70. The Bertz CT molecular complexity index is 1180. The maximum Gasteiger partial charge on any atom is 0.249 e. The van der Waals surface area contributed by atoms with Gasteiger partial charge in [-0.25, -0.2) is 8.42 Å². The predicted molar refractivity (Wildman–Crippen MR) is 122 cm³/mol. The first-order valence-electron chi connectivity index (χ1n) is 9.03. The predicted octanol–water partition coefficient (Wildman–Crippen LogP) is 4.27. The number of carbonyl (C=O) groups excluding carboxylic acids is 1. The average Bonchev–Trinajstić information content (AvgIpc) is 3.12. The Kier molecular flexibility index (Phi) is 6.44. The summed E-state index contributed by atoms with van der Waals surface area (Å²) in [5, 5.41) is 12.2. The maximum atomic E-state index is 12.8. The Hall–Kier alpha value is -2.49. The van der Waals surface area contributed by atoms with Crippen molar-refractivity contribution in [2.24, 2.45) is 0 Å². The molecule has 0 bridgehead atoms. The standard InChI is InChI=1S/C20H21ClN4O3S2/c1-12-5-10-17(11-13(12)2)25(30(4,27)28)14(3)18(26)22-20-24-23-19(29-20)15-6-8-16(21)9-7-15/h5-11,14H,1-4H3,(H,22,24,26)/t14-/m1/s1. The third-order valence-electron chi connectivity index (χ3n) is 4.58. The van der Waals surface area contributed by atoms with E-state index < -0.39 is 22.0 Å². The summed E-state index contributed by atoms with van der Waals surface area (Å²) in [6, 6.07) is 11.4. The van der Waals surface area contributed by atoms with Crippen LogP contribution in [0.25, 0.3) is 10.6 Å². The van der Waals surface area contributed by atoms with Gasteiger partial charge in [-0.15, -0.1) is 10.2 Å². The van der Waals surface area contributed by atoms with Crippen LogP contribution in [0.15, 0.2) is 42.5 Å². The first kappa shape index (κ1) is 22.2. The first-order valence-corrected chi connectivity index (χ1v) is 12.1. The Morgan fingerprint density at radius 3 is 2.37 bits per heavy atom. The van der Waals surface area contributed by atoms with E-state index in [0.717, 1.165) is 27.3 Å². The fraction of sp³-hybridized carbons (Fsp3) is 0.250. The Balaban J connectivity index is 1.82. The third kappa shape index (κ3) is 4.97. The molecule has 0 saturated heterocycles. The van der Waals surface area contributed by atoms with Gasteiger partial charge in [0.15, 0.2) is 0 Å².